The van der Waals surface area contributed by atoms with Crippen molar-refractivity contribution in [2.24, 2.45) is 5.92 Å². The van der Waals surface area contributed by atoms with Crippen LogP contribution in [0.5, 0.6) is 11.5 Å². The Morgan fingerprint density at radius 1 is 1.25 bits per heavy atom. The van der Waals surface area contributed by atoms with E-state index in [-0.39, 0.29) is 0 Å². The van der Waals surface area contributed by atoms with Crippen LogP contribution in [0.3, 0.4) is 0 Å². The summed E-state index contributed by atoms with van der Waals surface area (Å²) in [6, 6.07) is 4.06. The quantitative estimate of drug-likeness (QED) is 0.910. The van der Waals surface area contributed by atoms with E-state index in [0.29, 0.717) is 6.79 Å². The molecule has 3 heterocycles. The molecule has 0 unspecified atom stereocenters. The third-order valence-corrected chi connectivity index (χ3v) is 4.33. The fourth-order valence-electron chi connectivity index (χ4n) is 3.19. The maximum Gasteiger partial charge on any atom is 0.231 e. The first-order valence-electron chi connectivity index (χ1n) is 7.28. The van der Waals surface area contributed by atoms with Crippen molar-refractivity contribution >= 4 is 11.0 Å². The van der Waals surface area contributed by atoms with E-state index in [1.165, 1.54) is 12.8 Å². The summed E-state index contributed by atoms with van der Waals surface area (Å²) in [6.07, 6.45) is 2.48. The van der Waals surface area contributed by atoms with Crippen molar-refractivity contribution in [1.29, 1.82) is 0 Å². The van der Waals surface area contributed by atoms with Crippen LogP contribution in [0.2, 0.25) is 0 Å². The molecular formula is C15H19N3O2. The number of rotatable bonds is 2. The van der Waals surface area contributed by atoms with E-state index in [4.69, 9.17) is 9.47 Å². The summed E-state index contributed by atoms with van der Waals surface area (Å²) >= 11 is 0. The highest BCUT2D eigenvalue weighted by Crippen LogP contribution is 2.36. The number of imidazole rings is 1. The lowest BCUT2D eigenvalue weighted by Crippen LogP contribution is -2.30. The van der Waals surface area contributed by atoms with Crippen LogP contribution in [0.1, 0.15) is 18.7 Å². The van der Waals surface area contributed by atoms with Gasteiger partial charge in [0.05, 0.1) is 11.0 Å². The number of nitrogens with zero attached hydrogens (tertiary/aromatic N) is 2. The minimum absolute atomic E-state index is 0.315. The number of benzene rings is 1. The van der Waals surface area contributed by atoms with Crippen molar-refractivity contribution in [1.82, 2.24) is 14.9 Å². The maximum atomic E-state index is 5.49. The van der Waals surface area contributed by atoms with Crippen molar-refractivity contribution in [3.8, 4) is 11.5 Å². The molecule has 5 heteroatoms. The van der Waals surface area contributed by atoms with Crippen LogP contribution in [0.25, 0.3) is 11.0 Å². The monoisotopic (exact) mass is 273 g/mol. The highest BCUT2D eigenvalue weighted by Gasteiger charge is 2.20. The van der Waals surface area contributed by atoms with Crippen LogP contribution in [-0.4, -0.2) is 29.4 Å². The molecule has 0 amide bonds. The first kappa shape index (κ1) is 12.0. The van der Waals surface area contributed by atoms with Crippen molar-refractivity contribution in [2.45, 2.75) is 26.3 Å². The normalized spacial score (nSPS) is 18.9. The van der Waals surface area contributed by atoms with Gasteiger partial charge in [-0.15, -0.1) is 0 Å². The van der Waals surface area contributed by atoms with E-state index in [0.717, 1.165) is 53.9 Å². The molecule has 0 bridgehead atoms. The van der Waals surface area contributed by atoms with Crippen molar-refractivity contribution in [2.75, 3.05) is 19.9 Å². The fourth-order valence-corrected chi connectivity index (χ4v) is 3.19. The number of ether oxygens (including phenoxy) is 2. The molecule has 1 aromatic carbocycles. The predicted molar refractivity (Wildman–Crippen MR) is 76.2 cm³/mol. The highest BCUT2D eigenvalue weighted by atomic mass is 16.7. The molecule has 2 aromatic rings. The summed E-state index contributed by atoms with van der Waals surface area (Å²) in [5.74, 6) is 3.45. The highest BCUT2D eigenvalue weighted by molar-refractivity contribution is 5.81. The Morgan fingerprint density at radius 3 is 2.80 bits per heavy atom. The predicted octanol–water partition coefficient (Wildman–Crippen LogP) is 2.07. The van der Waals surface area contributed by atoms with Crippen LogP contribution >= 0.6 is 0 Å². The van der Waals surface area contributed by atoms with Gasteiger partial charge in [-0.2, -0.15) is 0 Å². The molecule has 4 rings (SSSR count). The Hall–Kier alpha value is -1.75. The summed E-state index contributed by atoms with van der Waals surface area (Å²) in [7, 11) is 0. The van der Waals surface area contributed by atoms with Gasteiger partial charge in [0.2, 0.25) is 6.79 Å². The van der Waals surface area contributed by atoms with Crippen LogP contribution in [0.4, 0.5) is 0 Å². The van der Waals surface area contributed by atoms with Gasteiger partial charge >= 0.3 is 0 Å². The van der Waals surface area contributed by atoms with Crippen molar-refractivity contribution < 1.29 is 9.47 Å². The molecule has 1 saturated heterocycles. The molecule has 0 aliphatic carbocycles. The third-order valence-electron chi connectivity index (χ3n) is 4.33. The van der Waals surface area contributed by atoms with Crippen molar-refractivity contribution in [3.05, 3.63) is 18.0 Å². The molecule has 0 spiro atoms. The molecule has 2 aliphatic rings. The van der Waals surface area contributed by atoms with Crippen LogP contribution in [0, 0.1) is 12.8 Å². The molecule has 20 heavy (non-hydrogen) atoms. The molecule has 0 atom stereocenters. The van der Waals surface area contributed by atoms with E-state index >= 15 is 0 Å². The standard InChI is InChI=1S/C15H19N3O2/c1-10-17-12-6-14-15(20-9-19-14)7-13(12)18(10)8-11-2-4-16-5-3-11/h6-7,11,16H,2-5,8-9H2,1H3. The van der Waals surface area contributed by atoms with Crippen LogP contribution in [-0.2, 0) is 6.54 Å². The zero-order valence-electron chi connectivity index (χ0n) is 11.7. The topological polar surface area (TPSA) is 48.3 Å². The lowest BCUT2D eigenvalue weighted by atomic mass is 9.98. The third kappa shape index (κ3) is 1.93. The summed E-state index contributed by atoms with van der Waals surface area (Å²) in [5.41, 5.74) is 2.16. The SMILES string of the molecule is Cc1nc2cc3c(cc2n1CC1CCNCC1)OCO3. The summed E-state index contributed by atoms with van der Waals surface area (Å²) in [4.78, 5) is 4.67. The minimum atomic E-state index is 0.315. The first-order chi connectivity index (χ1) is 9.81. The molecule has 5 nitrogen and oxygen atoms in total. The van der Waals surface area contributed by atoms with Gasteiger partial charge in [0, 0.05) is 18.7 Å². The second-order valence-corrected chi connectivity index (χ2v) is 5.66. The molecule has 1 aromatic heterocycles. The Kier molecular flexibility index (Phi) is 2.80. The average molecular weight is 273 g/mol. The number of fused-ring (bicyclic) bond motifs is 2. The number of nitrogens with one attached hydrogen (secondary N) is 1. The maximum absolute atomic E-state index is 5.49. The second-order valence-electron chi connectivity index (χ2n) is 5.66. The van der Waals surface area contributed by atoms with E-state index in [1.807, 2.05) is 6.07 Å². The molecule has 0 radical (unpaired) electrons. The Bertz CT molecular complexity index is 644. The molecule has 1 fully saturated rings. The summed E-state index contributed by atoms with van der Waals surface area (Å²) in [5, 5.41) is 3.42. The van der Waals surface area contributed by atoms with Gasteiger partial charge in [0.1, 0.15) is 5.82 Å². The number of piperidine rings is 1. The van der Waals surface area contributed by atoms with E-state index in [9.17, 15) is 0 Å². The van der Waals surface area contributed by atoms with E-state index in [1.54, 1.807) is 0 Å². The Labute approximate surface area is 117 Å². The zero-order chi connectivity index (χ0) is 13.5. The van der Waals surface area contributed by atoms with Crippen LogP contribution < -0.4 is 14.8 Å². The molecule has 1 N–H and O–H groups in total. The second kappa shape index (κ2) is 4.66. The molecular weight excluding hydrogens is 254 g/mol. The minimum Gasteiger partial charge on any atom is -0.454 e. The van der Waals surface area contributed by atoms with E-state index < -0.39 is 0 Å². The number of hydrogen-bond acceptors (Lipinski definition) is 4. The Morgan fingerprint density at radius 2 is 2.00 bits per heavy atom. The van der Waals surface area contributed by atoms with Gasteiger partial charge in [-0.1, -0.05) is 0 Å². The summed E-state index contributed by atoms with van der Waals surface area (Å²) < 4.78 is 13.2. The van der Waals surface area contributed by atoms with Gasteiger partial charge in [-0.25, -0.2) is 4.98 Å². The van der Waals surface area contributed by atoms with Crippen LogP contribution in [0.15, 0.2) is 12.1 Å². The van der Waals surface area contributed by atoms with Gasteiger partial charge in [0.15, 0.2) is 11.5 Å². The number of hydrogen-bond donors (Lipinski definition) is 1. The van der Waals surface area contributed by atoms with Gasteiger partial charge in [-0.3, -0.25) is 0 Å². The molecule has 0 saturated carbocycles. The van der Waals surface area contributed by atoms with Gasteiger partial charge in [0.25, 0.3) is 0 Å². The summed E-state index contributed by atoms with van der Waals surface area (Å²) in [6.45, 7) is 5.69. The first-order valence-corrected chi connectivity index (χ1v) is 7.28. The molecule has 2 aliphatic heterocycles. The largest absolute Gasteiger partial charge is 0.454 e. The van der Waals surface area contributed by atoms with Crippen molar-refractivity contribution in [3.63, 3.8) is 0 Å². The lowest BCUT2D eigenvalue weighted by Gasteiger charge is -2.23. The zero-order valence-corrected chi connectivity index (χ0v) is 11.7. The number of aryl methyl sites for hydroxylation is 1. The molecule has 106 valence electrons. The van der Waals surface area contributed by atoms with Gasteiger partial charge in [-0.05, 0) is 38.8 Å². The lowest BCUT2D eigenvalue weighted by molar-refractivity contribution is 0.174. The fraction of sp³-hybridized carbons (Fsp3) is 0.533. The van der Waals surface area contributed by atoms with Gasteiger partial charge < -0.3 is 19.4 Å². The smallest absolute Gasteiger partial charge is 0.231 e. The number of aromatic nitrogens is 2. The van der Waals surface area contributed by atoms with E-state index in [2.05, 4.69) is 27.9 Å². The average Bonchev–Trinajstić information content (AvgIpc) is 3.03. The Balaban J connectivity index is 1.72.